The van der Waals surface area contributed by atoms with Gasteiger partial charge in [0.1, 0.15) is 0 Å². The van der Waals surface area contributed by atoms with Crippen molar-refractivity contribution in [3.63, 3.8) is 0 Å². The van der Waals surface area contributed by atoms with Gasteiger partial charge >= 0.3 is 0 Å². The number of hydrogen-bond donors (Lipinski definition) is 2. The first-order valence-corrected chi connectivity index (χ1v) is 8.96. The van der Waals surface area contributed by atoms with Crippen molar-refractivity contribution in [1.29, 1.82) is 0 Å². The molecule has 0 fully saturated rings. The van der Waals surface area contributed by atoms with Crippen molar-refractivity contribution in [2.75, 3.05) is 0 Å². The van der Waals surface area contributed by atoms with Gasteiger partial charge < -0.3 is 9.88 Å². The van der Waals surface area contributed by atoms with Gasteiger partial charge in [0.2, 0.25) is 5.91 Å². The largest absolute Gasteiger partial charge is 0.349 e. The number of fused-ring (bicyclic) bond motifs is 1. The van der Waals surface area contributed by atoms with E-state index in [0.29, 0.717) is 16.5 Å². The molecule has 0 aliphatic heterocycles. The fourth-order valence-electron chi connectivity index (χ4n) is 3.18. The SMILES string of the molecule is CC(NC(=O)Cc1n[nH]c(=O)c2ccccc12)c1ccc(-n2ccnc2)cc1. The minimum atomic E-state index is -0.258. The van der Waals surface area contributed by atoms with Crippen LogP contribution in [-0.4, -0.2) is 25.7 Å². The standard InChI is InChI=1S/C21H19N5O2/c1-14(15-6-8-16(9-7-15)26-11-10-22-13-26)23-20(27)12-19-17-4-2-3-5-18(17)21(28)25-24-19/h2-11,13-14H,12H2,1H3,(H,23,27)(H,25,28). The average molecular weight is 373 g/mol. The predicted molar refractivity (Wildman–Crippen MR) is 106 cm³/mol. The molecule has 4 rings (SSSR count). The number of rotatable bonds is 5. The Hall–Kier alpha value is -3.74. The quantitative estimate of drug-likeness (QED) is 0.562. The van der Waals surface area contributed by atoms with Gasteiger partial charge in [0.05, 0.1) is 29.9 Å². The van der Waals surface area contributed by atoms with Crippen LogP contribution in [0.3, 0.4) is 0 Å². The second-order valence-electron chi connectivity index (χ2n) is 6.57. The molecule has 1 amide bonds. The maximum Gasteiger partial charge on any atom is 0.272 e. The highest BCUT2D eigenvalue weighted by molar-refractivity contribution is 5.88. The van der Waals surface area contributed by atoms with Crippen molar-refractivity contribution >= 4 is 16.7 Å². The number of aromatic nitrogens is 4. The summed E-state index contributed by atoms with van der Waals surface area (Å²) in [6, 6.07) is 14.9. The fraction of sp³-hybridized carbons (Fsp3) is 0.143. The van der Waals surface area contributed by atoms with Crippen molar-refractivity contribution in [2.24, 2.45) is 0 Å². The molecule has 7 nitrogen and oxygen atoms in total. The van der Waals surface area contributed by atoms with E-state index < -0.39 is 0 Å². The second kappa shape index (κ2) is 7.48. The van der Waals surface area contributed by atoms with E-state index >= 15 is 0 Å². The minimum Gasteiger partial charge on any atom is -0.349 e. The van der Waals surface area contributed by atoms with Crippen LogP contribution in [0.1, 0.15) is 24.2 Å². The lowest BCUT2D eigenvalue weighted by Crippen LogP contribution is -2.29. The van der Waals surface area contributed by atoms with Crippen molar-refractivity contribution < 1.29 is 4.79 Å². The zero-order valence-electron chi connectivity index (χ0n) is 15.3. The van der Waals surface area contributed by atoms with Gasteiger partial charge in [-0.2, -0.15) is 5.10 Å². The lowest BCUT2D eigenvalue weighted by Gasteiger charge is -2.15. The second-order valence-corrected chi connectivity index (χ2v) is 6.57. The van der Waals surface area contributed by atoms with Crippen LogP contribution in [0.25, 0.3) is 16.5 Å². The molecule has 2 N–H and O–H groups in total. The molecule has 0 bridgehead atoms. The number of aromatic amines is 1. The highest BCUT2D eigenvalue weighted by Crippen LogP contribution is 2.17. The summed E-state index contributed by atoms with van der Waals surface area (Å²) >= 11 is 0. The van der Waals surface area contributed by atoms with E-state index in [4.69, 9.17) is 0 Å². The summed E-state index contributed by atoms with van der Waals surface area (Å²) < 4.78 is 1.92. The molecule has 1 unspecified atom stereocenters. The normalized spacial score (nSPS) is 12.0. The molecule has 0 aliphatic carbocycles. The molecule has 0 saturated carbocycles. The van der Waals surface area contributed by atoms with Gasteiger partial charge in [-0.15, -0.1) is 0 Å². The number of nitrogens with one attached hydrogen (secondary N) is 2. The zero-order chi connectivity index (χ0) is 19.5. The Morgan fingerprint density at radius 3 is 2.61 bits per heavy atom. The molecule has 140 valence electrons. The fourth-order valence-corrected chi connectivity index (χ4v) is 3.18. The zero-order valence-corrected chi connectivity index (χ0v) is 15.3. The molecule has 2 aromatic heterocycles. The highest BCUT2D eigenvalue weighted by atomic mass is 16.1. The average Bonchev–Trinajstić information content (AvgIpc) is 3.25. The van der Waals surface area contributed by atoms with Crippen LogP contribution >= 0.6 is 0 Å². The maximum absolute atomic E-state index is 12.5. The molecule has 1 atom stereocenters. The molecule has 0 spiro atoms. The minimum absolute atomic E-state index is 0.0920. The Labute approximate surface area is 161 Å². The molecular weight excluding hydrogens is 354 g/mol. The van der Waals surface area contributed by atoms with Crippen LogP contribution in [0.15, 0.2) is 72.0 Å². The number of imidazole rings is 1. The van der Waals surface area contributed by atoms with Gasteiger partial charge in [-0.3, -0.25) is 9.59 Å². The Balaban J connectivity index is 1.47. The molecule has 2 heterocycles. The summed E-state index contributed by atoms with van der Waals surface area (Å²) in [5, 5.41) is 10.7. The summed E-state index contributed by atoms with van der Waals surface area (Å²) in [6.07, 6.45) is 5.43. The Kier molecular flexibility index (Phi) is 4.72. The molecule has 2 aromatic carbocycles. The summed E-state index contributed by atoms with van der Waals surface area (Å²) in [7, 11) is 0. The summed E-state index contributed by atoms with van der Waals surface area (Å²) in [5.41, 5.74) is 2.29. The van der Waals surface area contributed by atoms with Crippen molar-refractivity contribution in [3.05, 3.63) is 88.9 Å². The first-order chi connectivity index (χ1) is 13.6. The summed E-state index contributed by atoms with van der Waals surface area (Å²) in [6.45, 7) is 1.93. The van der Waals surface area contributed by atoms with Crippen molar-refractivity contribution in [2.45, 2.75) is 19.4 Å². The number of carbonyl (C=O) groups is 1. The van der Waals surface area contributed by atoms with E-state index in [0.717, 1.165) is 11.3 Å². The Morgan fingerprint density at radius 2 is 1.89 bits per heavy atom. The Morgan fingerprint density at radius 1 is 1.14 bits per heavy atom. The molecule has 0 aliphatic rings. The van der Waals surface area contributed by atoms with Gasteiger partial charge in [-0.25, -0.2) is 10.1 Å². The molecular formula is C21H19N5O2. The molecule has 4 aromatic rings. The third kappa shape index (κ3) is 3.55. The van der Waals surface area contributed by atoms with E-state index in [1.807, 2.05) is 48.0 Å². The van der Waals surface area contributed by atoms with Crippen molar-refractivity contribution in [3.8, 4) is 5.69 Å². The lowest BCUT2D eigenvalue weighted by atomic mass is 10.1. The van der Waals surface area contributed by atoms with Gasteiger partial charge in [0.25, 0.3) is 5.56 Å². The third-order valence-corrected chi connectivity index (χ3v) is 4.68. The number of benzene rings is 2. The molecule has 28 heavy (non-hydrogen) atoms. The molecule has 0 saturated heterocycles. The first kappa shape index (κ1) is 17.7. The van der Waals surface area contributed by atoms with Gasteiger partial charge in [-0.05, 0) is 30.7 Å². The smallest absolute Gasteiger partial charge is 0.272 e. The van der Waals surface area contributed by atoms with Crippen molar-refractivity contribution in [1.82, 2.24) is 25.1 Å². The highest BCUT2D eigenvalue weighted by Gasteiger charge is 2.14. The van der Waals surface area contributed by atoms with Crippen LogP contribution in [0.2, 0.25) is 0 Å². The van der Waals surface area contributed by atoms with Crippen LogP contribution in [-0.2, 0) is 11.2 Å². The van der Waals surface area contributed by atoms with E-state index in [1.165, 1.54) is 0 Å². The van der Waals surface area contributed by atoms with Crippen LogP contribution in [0.5, 0.6) is 0 Å². The third-order valence-electron chi connectivity index (χ3n) is 4.68. The Bertz CT molecular complexity index is 1160. The van der Waals surface area contributed by atoms with E-state index in [-0.39, 0.29) is 23.9 Å². The number of amides is 1. The van der Waals surface area contributed by atoms with E-state index in [2.05, 4.69) is 20.5 Å². The van der Waals surface area contributed by atoms with Crippen LogP contribution in [0, 0.1) is 0 Å². The monoisotopic (exact) mass is 373 g/mol. The number of nitrogens with zero attached hydrogens (tertiary/aromatic N) is 3. The number of carbonyl (C=O) groups excluding carboxylic acids is 1. The van der Waals surface area contributed by atoms with Gasteiger partial charge in [-0.1, -0.05) is 30.3 Å². The number of hydrogen-bond acceptors (Lipinski definition) is 4. The molecule has 7 heteroatoms. The predicted octanol–water partition coefficient (Wildman–Crippen LogP) is 2.53. The maximum atomic E-state index is 12.5. The summed E-state index contributed by atoms with van der Waals surface area (Å²) in [5.74, 6) is -0.157. The number of H-pyrrole nitrogens is 1. The van der Waals surface area contributed by atoms with Crippen LogP contribution < -0.4 is 10.9 Å². The summed E-state index contributed by atoms with van der Waals surface area (Å²) in [4.78, 5) is 28.4. The van der Waals surface area contributed by atoms with Gasteiger partial charge in [0.15, 0.2) is 0 Å². The topological polar surface area (TPSA) is 92.7 Å². The first-order valence-electron chi connectivity index (χ1n) is 8.96. The molecule has 0 radical (unpaired) electrons. The van der Waals surface area contributed by atoms with E-state index in [9.17, 15) is 9.59 Å². The van der Waals surface area contributed by atoms with Gasteiger partial charge in [0, 0.05) is 23.5 Å². The van der Waals surface area contributed by atoms with E-state index in [1.54, 1.807) is 30.7 Å². The lowest BCUT2D eigenvalue weighted by molar-refractivity contribution is -0.121. The van der Waals surface area contributed by atoms with Crippen LogP contribution in [0.4, 0.5) is 0 Å².